The molecule has 2 heterocycles. The van der Waals surface area contributed by atoms with E-state index < -0.39 is 0 Å². The minimum atomic E-state index is -0.222. The molecule has 1 aromatic heterocycles. The molecular weight excluding hydrogens is 291 g/mol. The standard InChI is InChI=1S/C16H20ClFN2O/c1-10-6-14-13(7-12(10)18)19-15(9-17)20(14)11-4-5-21-16(2,3)8-11/h6-7,11H,4-5,8-9H2,1-3H3. The minimum Gasteiger partial charge on any atom is -0.375 e. The Hall–Kier alpha value is -1.13. The normalized spacial score (nSPS) is 21.9. The maximum absolute atomic E-state index is 13.8. The molecule has 21 heavy (non-hydrogen) atoms. The van der Waals surface area contributed by atoms with E-state index in [1.807, 2.05) is 6.07 Å². The molecule has 0 aliphatic carbocycles. The molecule has 0 spiro atoms. The van der Waals surface area contributed by atoms with Crippen LogP contribution in [0.25, 0.3) is 11.0 Å². The molecule has 0 N–H and O–H groups in total. The quantitative estimate of drug-likeness (QED) is 0.771. The van der Waals surface area contributed by atoms with Crippen LogP contribution in [0.4, 0.5) is 4.39 Å². The maximum atomic E-state index is 13.8. The van der Waals surface area contributed by atoms with E-state index in [9.17, 15) is 4.39 Å². The first kappa shape index (κ1) is 14.8. The number of aromatic nitrogens is 2. The Morgan fingerprint density at radius 1 is 1.48 bits per heavy atom. The van der Waals surface area contributed by atoms with E-state index in [-0.39, 0.29) is 17.5 Å². The van der Waals surface area contributed by atoms with Gasteiger partial charge in [0, 0.05) is 18.7 Å². The number of aryl methyl sites for hydroxylation is 1. The van der Waals surface area contributed by atoms with Crippen LogP contribution in [0.15, 0.2) is 12.1 Å². The smallest absolute Gasteiger partial charge is 0.128 e. The molecule has 1 aliphatic rings. The van der Waals surface area contributed by atoms with Gasteiger partial charge in [0.1, 0.15) is 11.6 Å². The second-order valence-corrected chi connectivity index (χ2v) is 6.64. The Labute approximate surface area is 129 Å². The summed E-state index contributed by atoms with van der Waals surface area (Å²) in [7, 11) is 0. The lowest BCUT2D eigenvalue weighted by atomic mass is 9.93. The molecule has 5 heteroatoms. The Morgan fingerprint density at radius 3 is 2.90 bits per heavy atom. The monoisotopic (exact) mass is 310 g/mol. The van der Waals surface area contributed by atoms with Crippen molar-refractivity contribution in [3.05, 3.63) is 29.3 Å². The highest BCUT2D eigenvalue weighted by atomic mass is 35.5. The Morgan fingerprint density at radius 2 is 2.24 bits per heavy atom. The molecule has 1 saturated heterocycles. The van der Waals surface area contributed by atoms with Gasteiger partial charge < -0.3 is 9.30 Å². The summed E-state index contributed by atoms with van der Waals surface area (Å²) in [5, 5.41) is 0. The maximum Gasteiger partial charge on any atom is 0.128 e. The third kappa shape index (κ3) is 2.67. The van der Waals surface area contributed by atoms with Crippen LogP contribution in [0.1, 0.15) is 44.1 Å². The molecule has 0 saturated carbocycles. The number of ether oxygens (including phenoxy) is 1. The number of benzene rings is 1. The van der Waals surface area contributed by atoms with Gasteiger partial charge in [-0.2, -0.15) is 0 Å². The Bertz CT molecular complexity index is 680. The molecule has 3 nitrogen and oxygen atoms in total. The van der Waals surface area contributed by atoms with Crippen molar-refractivity contribution in [1.29, 1.82) is 0 Å². The zero-order valence-electron chi connectivity index (χ0n) is 12.6. The van der Waals surface area contributed by atoms with Gasteiger partial charge in [0.05, 0.1) is 22.5 Å². The number of nitrogens with zero attached hydrogens (tertiary/aromatic N) is 2. The van der Waals surface area contributed by atoms with Gasteiger partial charge in [0.2, 0.25) is 0 Å². The van der Waals surface area contributed by atoms with Gasteiger partial charge in [-0.15, -0.1) is 11.6 Å². The fourth-order valence-electron chi connectivity index (χ4n) is 3.19. The van der Waals surface area contributed by atoms with Gasteiger partial charge in [0.15, 0.2) is 0 Å². The van der Waals surface area contributed by atoms with Crippen molar-refractivity contribution in [2.75, 3.05) is 6.61 Å². The molecule has 0 radical (unpaired) electrons. The molecule has 1 aromatic carbocycles. The van der Waals surface area contributed by atoms with Crippen LogP contribution in [-0.4, -0.2) is 21.8 Å². The molecule has 1 fully saturated rings. The fraction of sp³-hybridized carbons (Fsp3) is 0.562. The summed E-state index contributed by atoms with van der Waals surface area (Å²) < 4.78 is 21.7. The first-order chi connectivity index (χ1) is 9.91. The Balaban J connectivity index is 2.14. The summed E-state index contributed by atoms with van der Waals surface area (Å²) in [5.74, 6) is 0.910. The lowest BCUT2D eigenvalue weighted by Gasteiger charge is -2.36. The zero-order chi connectivity index (χ0) is 15.2. The summed E-state index contributed by atoms with van der Waals surface area (Å²) in [6.45, 7) is 6.70. The van der Waals surface area contributed by atoms with Gasteiger partial charge >= 0.3 is 0 Å². The summed E-state index contributed by atoms with van der Waals surface area (Å²) in [5.41, 5.74) is 2.12. The molecule has 0 bridgehead atoms. The highest BCUT2D eigenvalue weighted by molar-refractivity contribution is 6.16. The molecule has 1 aliphatic heterocycles. The number of rotatable bonds is 2. The SMILES string of the molecule is Cc1cc2c(cc1F)nc(CCl)n2C1CCOC(C)(C)C1. The second kappa shape index (κ2) is 5.25. The van der Waals surface area contributed by atoms with Crippen LogP contribution in [-0.2, 0) is 10.6 Å². The van der Waals surface area contributed by atoms with E-state index in [0.717, 1.165) is 30.8 Å². The lowest BCUT2D eigenvalue weighted by molar-refractivity contribution is -0.0688. The predicted octanol–water partition coefficient (Wildman–Crippen LogP) is 4.35. The van der Waals surface area contributed by atoms with Gasteiger partial charge in [-0.1, -0.05) is 0 Å². The van der Waals surface area contributed by atoms with E-state index >= 15 is 0 Å². The summed E-state index contributed by atoms with van der Waals surface area (Å²) in [6.07, 6.45) is 1.83. The van der Waals surface area contributed by atoms with Gasteiger partial charge in [-0.25, -0.2) is 9.37 Å². The molecule has 0 amide bonds. The van der Waals surface area contributed by atoms with Crippen molar-refractivity contribution in [1.82, 2.24) is 9.55 Å². The van der Waals surface area contributed by atoms with E-state index in [1.54, 1.807) is 6.92 Å². The Kier molecular flexibility index (Phi) is 3.70. The summed E-state index contributed by atoms with van der Waals surface area (Å²) in [4.78, 5) is 4.51. The highest BCUT2D eigenvalue weighted by Crippen LogP contribution is 2.35. The van der Waals surface area contributed by atoms with Crippen LogP contribution >= 0.6 is 11.6 Å². The van der Waals surface area contributed by atoms with Crippen LogP contribution < -0.4 is 0 Å². The van der Waals surface area contributed by atoms with E-state index in [4.69, 9.17) is 16.3 Å². The van der Waals surface area contributed by atoms with Crippen LogP contribution in [0.5, 0.6) is 0 Å². The second-order valence-electron chi connectivity index (χ2n) is 6.38. The van der Waals surface area contributed by atoms with Gasteiger partial charge in [-0.3, -0.25) is 0 Å². The van der Waals surface area contributed by atoms with Crippen molar-refractivity contribution in [2.24, 2.45) is 0 Å². The first-order valence-corrected chi connectivity index (χ1v) is 7.81. The average Bonchev–Trinajstić information content (AvgIpc) is 2.75. The third-order valence-electron chi connectivity index (χ3n) is 4.20. The molecule has 2 aromatic rings. The number of hydrogen-bond donors (Lipinski definition) is 0. The number of hydrogen-bond acceptors (Lipinski definition) is 2. The van der Waals surface area contributed by atoms with E-state index in [1.165, 1.54) is 6.07 Å². The average molecular weight is 311 g/mol. The largest absolute Gasteiger partial charge is 0.375 e. The van der Waals surface area contributed by atoms with E-state index in [2.05, 4.69) is 23.4 Å². The van der Waals surface area contributed by atoms with Crippen LogP contribution in [0.3, 0.4) is 0 Å². The molecule has 1 atom stereocenters. The van der Waals surface area contributed by atoms with E-state index in [0.29, 0.717) is 17.0 Å². The molecular formula is C16H20ClFN2O. The minimum absolute atomic E-state index is 0.155. The zero-order valence-corrected chi connectivity index (χ0v) is 13.4. The van der Waals surface area contributed by atoms with Crippen molar-refractivity contribution >= 4 is 22.6 Å². The third-order valence-corrected chi connectivity index (χ3v) is 4.44. The van der Waals surface area contributed by atoms with Gasteiger partial charge in [0.25, 0.3) is 0 Å². The molecule has 1 unspecified atom stereocenters. The van der Waals surface area contributed by atoms with Gasteiger partial charge in [-0.05, 0) is 45.2 Å². The highest BCUT2D eigenvalue weighted by Gasteiger charge is 2.31. The summed E-state index contributed by atoms with van der Waals surface area (Å²) in [6, 6.07) is 3.66. The fourth-order valence-corrected chi connectivity index (χ4v) is 3.38. The molecule has 3 rings (SSSR count). The number of imidazole rings is 1. The lowest BCUT2D eigenvalue weighted by Crippen LogP contribution is -2.35. The number of fused-ring (bicyclic) bond motifs is 1. The first-order valence-electron chi connectivity index (χ1n) is 7.28. The van der Waals surface area contributed by atoms with Crippen molar-refractivity contribution < 1.29 is 9.13 Å². The predicted molar refractivity (Wildman–Crippen MR) is 82.3 cm³/mol. The number of halogens is 2. The number of alkyl halides is 1. The van der Waals surface area contributed by atoms with Crippen molar-refractivity contribution in [3.63, 3.8) is 0 Å². The van der Waals surface area contributed by atoms with Crippen LogP contribution in [0.2, 0.25) is 0 Å². The molecule has 114 valence electrons. The van der Waals surface area contributed by atoms with Crippen molar-refractivity contribution in [3.8, 4) is 0 Å². The topological polar surface area (TPSA) is 27.1 Å². The van der Waals surface area contributed by atoms with Crippen molar-refractivity contribution in [2.45, 2.75) is 51.1 Å². The van der Waals surface area contributed by atoms with Crippen LogP contribution in [0, 0.1) is 12.7 Å². The summed E-state index contributed by atoms with van der Waals surface area (Å²) >= 11 is 6.07.